The molecule has 14 heavy (non-hydrogen) atoms. The van der Waals surface area contributed by atoms with E-state index in [4.69, 9.17) is 0 Å². The smallest absolute Gasteiger partial charge is 0.228 e. The molecule has 2 nitrogen and oxygen atoms in total. The molecule has 5 heteroatoms. The molecule has 0 radical (unpaired) electrons. The highest BCUT2D eigenvalue weighted by Crippen LogP contribution is 2.08. The summed E-state index contributed by atoms with van der Waals surface area (Å²) in [4.78, 5) is 0. The van der Waals surface area contributed by atoms with Crippen LogP contribution in [0.15, 0.2) is 30.3 Å². The van der Waals surface area contributed by atoms with Gasteiger partial charge in [0.05, 0.1) is 5.75 Å². The number of alkyl halides is 2. The van der Waals surface area contributed by atoms with E-state index in [1.54, 1.807) is 30.3 Å². The quantitative estimate of drug-likeness (QED) is 0.776. The van der Waals surface area contributed by atoms with Crippen molar-refractivity contribution in [1.82, 2.24) is 0 Å². The van der Waals surface area contributed by atoms with E-state index in [0.29, 0.717) is 5.56 Å². The highest BCUT2D eigenvalue weighted by atomic mass is 32.2. The van der Waals surface area contributed by atoms with Crippen LogP contribution in [0.5, 0.6) is 0 Å². The maximum Gasteiger partial charge on any atom is 0.252 e. The Balaban J connectivity index is 2.70. The van der Waals surface area contributed by atoms with Gasteiger partial charge in [-0.15, -0.1) is 0 Å². The van der Waals surface area contributed by atoms with Crippen LogP contribution in [0.3, 0.4) is 0 Å². The summed E-state index contributed by atoms with van der Waals surface area (Å²) >= 11 is 0. The van der Waals surface area contributed by atoms with Crippen LogP contribution in [-0.2, 0) is 15.6 Å². The van der Waals surface area contributed by atoms with Gasteiger partial charge in [0, 0.05) is 0 Å². The molecule has 0 bridgehead atoms. The molecule has 1 aromatic carbocycles. The van der Waals surface area contributed by atoms with Crippen molar-refractivity contribution < 1.29 is 17.2 Å². The number of sulfone groups is 1. The van der Waals surface area contributed by atoms with Gasteiger partial charge in [0.15, 0.2) is 9.84 Å². The molecule has 0 saturated heterocycles. The van der Waals surface area contributed by atoms with E-state index in [1.165, 1.54) is 0 Å². The van der Waals surface area contributed by atoms with Crippen molar-refractivity contribution in [3.8, 4) is 0 Å². The van der Waals surface area contributed by atoms with E-state index in [0.717, 1.165) is 0 Å². The highest BCUT2D eigenvalue weighted by Gasteiger charge is 2.18. The predicted molar refractivity (Wildman–Crippen MR) is 49.9 cm³/mol. The summed E-state index contributed by atoms with van der Waals surface area (Å²) in [6.07, 6.45) is -2.80. The Morgan fingerprint density at radius 2 is 1.71 bits per heavy atom. The SMILES string of the molecule is O=S(=O)(Cc1ccccc1)CC(F)F. The first-order valence-corrected chi connectivity index (χ1v) is 5.84. The second-order valence-corrected chi connectivity index (χ2v) is 5.04. The average Bonchev–Trinajstić information content (AvgIpc) is 2.02. The van der Waals surface area contributed by atoms with Gasteiger partial charge in [0.2, 0.25) is 0 Å². The minimum atomic E-state index is -3.68. The van der Waals surface area contributed by atoms with Crippen LogP contribution >= 0.6 is 0 Å². The van der Waals surface area contributed by atoms with Crippen LogP contribution in [0.2, 0.25) is 0 Å². The number of rotatable bonds is 4. The minimum Gasteiger partial charge on any atom is -0.228 e. The third kappa shape index (κ3) is 3.83. The van der Waals surface area contributed by atoms with Crippen molar-refractivity contribution >= 4 is 9.84 Å². The van der Waals surface area contributed by atoms with Gasteiger partial charge in [-0.05, 0) is 5.56 Å². The Morgan fingerprint density at radius 1 is 1.14 bits per heavy atom. The van der Waals surface area contributed by atoms with Gasteiger partial charge in [-0.3, -0.25) is 0 Å². The van der Waals surface area contributed by atoms with E-state index < -0.39 is 22.0 Å². The number of hydrogen-bond acceptors (Lipinski definition) is 2. The van der Waals surface area contributed by atoms with Crippen molar-refractivity contribution in [3.05, 3.63) is 35.9 Å². The van der Waals surface area contributed by atoms with Crippen LogP contribution in [0.1, 0.15) is 5.56 Å². The Morgan fingerprint density at radius 3 is 2.21 bits per heavy atom. The highest BCUT2D eigenvalue weighted by molar-refractivity contribution is 7.90. The van der Waals surface area contributed by atoms with Gasteiger partial charge in [-0.1, -0.05) is 30.3 Å². The van der Waals surface area contributed by atoms with Crippen LogP contribution < -0.4 is 0 Å². The molecular formula is C9H10F2O2S. The van der Waals surface area contributed by atoms with Crippen LogP contribution in [0, 0.1) is 0 Å². The molecule has 0 fully saturated rings. The second-order valence-electron chi connectivity index (χ2n) is 2.93. The predicted octanol–water partition coefficient (Wildman–Crippen LogP) is 1.87. The molecule has 78 valence electrons. The van der Waals surface area contributed by atoms with E-state index in [2.05, 4.69) is 0 Å². The molecule has 0 amide bonds. The molecule has 0 atom stereocenters. The van der Waals surface area contributed by atoms with E-state index in [-0.39, 0.29) is 5.75 Å². The zero-order valence-electron chi connectivity index (χ0n) is 7.36. The lowest BCUT2D eigenvalue weighted by Gasteiger charge is -2.02. The molecule has 0 aliphatic carbocycles. The molecule has 1 rings (SSSR count). The Bertz CT molecular complexity index is 373. The number of halogens is 2. The largest absolute Gasteiger partial charge is 0.252 e. The van der Waals surface area contributed by atoms with E-state index in [9.17, 15) is 17.2 Å². The Labute approximate surface area is 81.5 Å². The summed E-state index contributed by atoms with van der Waals surface area (Å²) in [5.41, 5.74) is 0.535. The van der Waals surface area contributed by atoms with Gasteiger partial charge in [0.25, 0.3) is 6.43 Å². The summed E-state index contributed by atoms with van der Waals surface area (Å²) in [5, 5.41) is 0. The molecule has 0 unspecified atom stereocenters. The molecule has 0 aromatic heterocycles. The normalized spacial score (nSPS) is 11.9. The van der Waals surface area contributed by atoms with Gasteiger partial charge in [0.1, 0.15) is 5.75 Å². The fourth-order valence-electron chi connectivity index (χ4n) is 1.08. The molecule has 1 aromatic rings. The summed E-state index contributed by atoms with van der Waals surface area (Å²) in [7, 11) is -3.68. The topological polar surface area (TPSA) is 34.1 Å². The van der Waals surface area contributed by atoms with E-state index >= 15 is 0 Å². The van der Waals surface area contributed by atoms with Crippen LogP contribution in [-0.4, -0.2) is 20.6 Å². The molecular weight excluding hydrogens is 210 g/mol. The van der Waals surface area contributed by atoms with Crippen LogP contribution in [0.25, 0.3) is 0 Å². The average molecular weight is 220 g/mol. The lowest BCUT2D eigenvalue weighted by molar-refractivity contribution is 0.174. The molecule has 0 aliphatic rings. The first kappa shape index (κ1) is 11.1. The molecule has 0 spiro atoms. The first-order valence-electron chi connectivity index (χ1n) is 4.02. The Hall–Kier alpha value is -0.970. The first-order chi connectivity index (χ1) is 6.49. The second kappa shape index (κ2) is 4.50. The molecule has 0 saturated carbocycles. The van der Waals surface area contributed by atoms with Gasteiger partial charge < -0.3 is 0 Å². The fraction of sp³-hybridized carbons (Fsp3) is 0.333. The standard InChI is InChI=1S/C9H10F2O2S/c10-9(11)7-14(12,13)6-8-4-2-1-3-5-8/h1-5,9H,6-7H2. The van der Waals surface area contributed by atoms with Crippen LogP contribution in [0.4, 0.5) is 8.78 Å². The lowest BCUT2D eigenvalue weighted by Crippen LogP contribution is -2.15. The number of hydrogen-bond donors (Lipinski definition) is 0. The third-order valence-electron chi connectivity index (χ3n) is 1.61. The summed E-state index contributed by atoms with van der Waals surface area (Å²) < 4.78 is 46.0. The fourth-order valence-corrected chi connectivity index (χ4v) is 2.28. The summed E-state index contributed by atoms with van der Waals surface area (Å²) in [5.74, 6) is -1.39. The van der Waals surface area contributed by atoms with Crippen molar-refractivity contribution in [2.45, 2.75) is 12.2 Å². The van der Waals surface area contributed by atoms with Crippen molar-refractivity contribution in [2.75, 3.05) is 5.75 Å². The molecule has 0 aliphatic heterocycles. The lowest BCUT2D eigenvalue weighted by atomic mass is 10.2. The van der Waals surface area contributed by atoms with E-state index in [1.807, 2.05) is 0 Å². The maximum atomic E-state index is 11.9. The molecule has 0 heterocycles. The van der Waals surface area contributed by atoms with Gasteiger partial charge >= 0.3 is 0 Å². The van der Waals surface area contributed by atoms with Crippen molar-refractivity contribution in [1.29, 1.82) is 0 Å². The zero-order chi connectivity index (χ0) is 10.6. The monoisotopic (exact) mass is 220 g/mol. The number of benzene rings is 1. The van der Waals surface area contributed by atoms with Gasteiger partial charge in [-0.25, -0.2) is 17.2 Å². The molecule has 0 N–H and O–H groups in total. The van der Waals surface area contributed by atoms with Crippen molar-refractivity contribution in [3.63, 3.8) is 0 Å². The minimum absolute atomic E-state index is 0.321. The Kier molecular flexibility index (Phi) is 3.57. The summed E-state index contributed by atoms with van der Waals surface area (Å²) in [6, 6.07) is 8.29. The maximum absolute atomic E-state index is 11.9. The zero-order valence-corrected chi connectivity index (χ0v) is 8.18. The third-order valence-corrected chi connectivity index (χ3v) is 3.14. The van der Waals surface area contributed by atoms with Crippen molar-refractivity contribution in [2.24, 2.45) is 0 Å². The summed E-state index contributed by atoms with van der Waals surface area (Å²) in [6.45, 7) is 0. The van der Waals surface area contributed by atoms with Gasteiger partial charge in [-0.2, -0.15) is 0 Å².